The highest BCUT2D eigenvalue weighted by Crippen LogP contribution is 2.38. The third-order valence-electron chi connectivity index (χ3n) is 3.22. The van der Waals surface area contributed by atoms with Crippen molar-refractivity contribution in [3.05, 3.63) is 41.0 Å². The van der Waals surface area contributed by atoms with Crippen LogP contribution in [0.4, 0.5) is 0 Å². The van der Waals surface area contributed by atoms with Gasteiger partial charge < -0.3 is 14.4 Å². The van der Waals surface area contributed by atoms with Crippen LogP contribution in [-0.4, -0.2) is 21.2 Å². The minimum Gasteiger partial charge on any atom is -0.484 e. The van der Waals surface area contributed by atoms with Crippen LogP contribution in [0.3, 0.4) is 0 Å². The van der Waals surface area contributed by atoms with Crippen LogP contribution < -0.4 is 4.74 Å². The summed E-state index contributed by atoms with van der Waals surface area (Å²) in [5.41, 5.74) is 0.922. The van der Waals surface area contributed by atoms with Crippen molar-refractivity contribution in [1.29, 1.82) is 0 Å². The maximum absolute atomic E-state index is 10.9. The Morgan fingerprint density at radius 1 is 1.50 bits per heavy atom. The molecule has 1 aliphatic rings. The lowest BCUT2D eigenvalue weighted by atomic mass is 10.1. The number of carbonyl (C=O) groups is 1. The van der Waals surface area contributed by atoms with E-state index in [4.69, 9.17) is 14.4 Å². The molecule has 0 bridgehead atoms. The summed E-state index contributed by atoms with van der Waals surface area (Å²) in [5.74, 6) is 1.27. The van der Waals surface area contributed by atoms with Crippen molar-refractivity contribution in [2.24, 2.45) is 0 Å². The second-order valence-corrected chi connectivity index (χ2v) is 4.89. The van der Waals surface area contributed by atoms with Crippen LogP contribution in [0.2, 0.25) is 0 Å². The van der Waals surface area contributed by atoms with Gasteiger partial charge in [-0.3, -0.25) is 0 Å². The van der Waals surface area contributed by atoms with Crippen molar-refractivity contribution in [2.45, 2.75) is 32.3 Å². The minimum atomic E-state index is -0.944. The van der Waals surface area contributed by atoms with Crippen LogP contribution in [0.15, 0.2) is 22.7 Å². The largest absolute Gasteiger partial charge is 0.484 e. The molecule has 1 aliphatic carbocycles. The third-order valence-corrected chi connectivity index (χ3v) is 3.22. The maximum Gasteiger partial charge on any atom is 0.335 e. The van der Waals surface area contributed by atoms with Gasteiger partial charge in [0.05, 0.1) is 5.56 Å². The fourth-order valence-corrected chi connectivity index (χ4v) is 1.94. The Morgan fingerprint density at radius 2 is 2.30 bits per heavy atom. The highest BCUT2D eigenvalue weighted by Gasteiger charge is 2.28. The van der Waals surface area contributed by atoms with Crippen molar-refractivity contribution >= 4 is 5.97 Å². The number of aromatic carboxylic acids is 1. The Labute approximate surface area is 115 Å². The number of hydrogen-bond acceptors (Lipinski definition) is 5. The van der Waals surface area contributed by atoms with Gasteiger partial charge in [0.25, 0.3) is 5.89 Å². The van der Waals surface area contributed by atoms with E-state index in [2.05, 4.69) is 10.1 Å². The van der Waals surface area contributed by atoms with Crippen LogP contribution in [-0.2, 0) is 6.61 Å². The van der Waals surface area contributed by atoms with E-state index in [1.54, 1.807) is 19.1 Å². The van der Waals surface area contributed by atoms with E-state index in [0.717, 1.165) is 18.7 Å². The van der Waals surface area contributed by atoms with Crippen LogP contribution in [0.1, 0.15) is 46.4 Å². The van der Waals surface area contributed by atoms with Crippen LogP contribution in [0.5, 0.6) is 5.75 Å². The Bertz CT molecular complexity index is 646. The highest BCUT2D eigenvalue weighted by molar-refractivity contribution is 5.89. The fraction of sp³-hybridized carbons (Fsp3) is 0.357. The zero-order valence-electron chi connectivity index (χ0n) is 11.0. The summed E-state index contributed by atoms with van der Waals surface area (Å²) in [6, 6.07) is 4.83. The smallest absolute Gasteiger partial charge is 0.335 e. The maximum atomic E-state index is 10.9. The van der Waals surface area contributed by atoms with E-state index < -0.39 is 5.97 Å². The van der Waals surface area contributed by atoms with E-state index in [1.165, 1.54) is 6.07 Å². The average molecular weight is 274 g/mol. The topological polar surface area (TPSA) is 85.5 Å². The molecule has 0 aliphatic heterocycles. The molecule has 1 aromatic carbocycles. The number of nitrogens with zero attached hydrogens (tertiary/aromatic N) is 2. The molecule has 0 saturated heterocycles. The van der Waals surface area contributed by atoms with Gasteiger partial charge in [0, 0.05) is 5.92 Å². The fourth-order valence-electron chi connectivity index (χ4n) is 1.94. The van der Waals surface area contributed by atoms with Gasteiger partial charge in [-0.25, -0.2) is 4.79 Å². The second-order valence-electron chi connectivity index (χ2n) is 4.89. The van der Waals surface area contributed by atoms with Gasteiger partial charge in [-0.1, -0.05) is 5.16 Å². The van der Waals surface area contributed by atoms with Gasteiger partial charge in [0.15, 0.2) is 12.4 Å². The van der Waals surface area contributed by atoms with E-state index in [0.29, 0.717) is 23.1 Å². The number of rotatable bonds is 5. The molecule has 0 unspecified atom stereocenters. The quantitative estimate of drug-likeness (QED) is 0.901. The molecule has 1 fully saturated rings. The lowest BCUT2D eigenvalue weighted by molar-refractivity contribution is 0.0696. The molecule has 1 heterocycles. The standard InChI is InChI=1S/C14H14N2O4/c1-8-6-10(4-5-11(8)14(17)18)19-7-12-15-13(16-20-12)9-2-3-9/h4-6,9H,2-3,7H2,1H3,(H,17,18). The molecule has 0 radical (unpaired) electrons. The Hall–Kier alpha value is -2.37. The number of ether oxygens (including phenoxy) is 1. The number of benzene rings is 1. The number of hydrogen-bond donors (Lipinski definition) is 1. The second kappa shape index (κ2) is 4.96. The van der Waals surface area contributed by atoms with Gasteiger partial charge in [-0.05, 0) is 43.5 Å². The summed E-state index contributed by atoms with van der Waals surface area (Å²) in [6.45, 7) is 1.92. The number of carboxylic acids is 1. The third kappa shape index (κ3) is 2.64. The zero-order chi connectivity index (χ0) is 14.1. The molecule has 1 N–H and O–H groups in total. The predicted octanol–water partition coefficient (Wildman–Crippen LogP) is 2.53. The molecule has 0 amide bonds. The summed E-state index contributed by atoms with van der Waals surface area (Å²) in [6.07, 6.45) is 2.24. The molecule has 1 saturated carbocycles. The van der Waals surface area contributed by atoms with E-state index in [9.17, 15) is 4.79 Å². The summed E-state index contributed by atoms with van der Waals surface area (Å²) >= 11 is 0. The van der Waals surface area contributed by atoms with Crippen molar-refractivity contribution in [1.82, 2.24) is 10.1 Å². The monoisotopic (exact) mass is 274 g/mol. The molecule has 0 atom stereocenters. The lowest BCUT2D eigenvalue weighted by Gasteiger charge is -2.06. The molecule has 20 heavy (non-hydrogen) atoms. The van der Waals surface area contributed by atoms with Crippen molar-refractivity contribution < 1.29 is 19.2 Å². The van der Waals surface area contributed by atoms with Crippen molar-refractivity contribution in [2.75, 3.05) is 0 Å². The Morgan fingerprint density at radius 3 is 2.95 bits per heavy atom. The van der Waals surface area contributed by atoms with E-state index >= 15 is 0 Å². The van der Waals surface area contributed by atoms with Gasteiger partial charge in [-0.15, -0.1) is 0 Å². The average Bonchev–Trinajstić information content (AvgIpc) is 3.15. The summed E-state index contributed by atoms with van der Waals surface area (Å²) in [4.78, 5) is 15.2. The van der Waals surface area contributed by atoms with Gasteiger partial charge in [-0.2, -0.15) is 4.98 Å². The van der Waals surface area contributed by atoms with Gasteiger partial charge >= 0.3 is 5.97 Å². The summed E-state index contributed by atoms with van der Waals surface area (Å²) in [5, 5.41) is 12.9. The van der Waals surface area contributed by atoms with Crippen molar-refractivity contribution in [3.8, 4) is 5.75 Å². The van der Waals surface area contributed by atoms with Gasteiger partial charge in [0.2, 0.25) is 0 Å². The van der Waals surface area contributed by atoms with Crippen LogP contribution >= 0.6 is 0 Å². The first-order chi connectivity index (χ1) is 9.63. The number of aromatic nitrogens is 2. The van der Waals surface area contributed by atoms with Crippen molar-refractivity contribution in [3.63, 3.8) is 0 Å². The van der Waals surface area contributed by atoms with E-state index in [-0.39, 0.29) is 12.2 Å². The molecule has 104 valence electrons. The zero-order valence-corrected chi connectivity index (χ0v) is 11.0. The lowest BCUT2D eigenvalue weighted by Crippen LogP contribution is -2.01. The van der Waals surface area contributed by atoms with Crippen LogP contribution in [0.25, 0.3) is 0 Å². The molecular formula is C14H14N2O4. The molecule has 6 nitrogen and oxygen atoms in total. The number of carboxylic acid groups (broad SMARTS) is 1. The van der Waals surface area contributed by atoms with Gasteiger partial charge in [0.1, 0.15) is 5.75 Å². The number of aryl methyl sites for hydroxylation is 1. The van der Waals surface area contributed by atoms with E-state index in [1.807, 2.05) is 0 Å². The Balaban J connectivity index is 1.65. The minimum absolute atomic E-state index is 0.186. The Kier molecular flexibility index (Phi) is 3.14. The molecule has 0 spiro atoms. The SMILES string of the molecule is Cc1cc(OCc2nc(C3CC3)no2)ccc1C(=O)O. The van der Waals surface area contributed by atoms with Crippen LogP contribution in [0, 0.1) is 6.92 Å². The molecule has 6 heteroatoms. The molecule has 1 aromatic heterocycles. The first-order valence-electron chi connectivity index (χ1n) is 6.42. The summed E-state index contributed by atoms with van der Waals surface area (Å²) < 4.78 is 10.6. The molecule has 2 aromatic rings. The first kappa shape index (κ1) is 12.7. The predicted molar refractivity (Wildman–Crippen MR) is 68.7 cm³/mol. The first-order valence-corrected chi connectivity index (χ1v) is 6.42. The highest BCUT2D eigenvalue weighted by atomic mass is 16.5. The summed E-state index contributed by atoms with van der Waals surface area (Å²) in [7, 11) is 0. The molecule has 3 rings (SSSR count). The molecular weight excluding hydrogens is 260 g/mol. The normalized spacial score (nSPS) is 14.2.